The van der Waals surface area contributed by atoms with Crippen LogP contribution in [-0.2, 0) is 4.74 Å². The minimum atomic E-state index is -0.444. The average Bonchev–Trinajstić information content (AvgIpc) is 2.88. The van der Waals surface area contributed by atoms with Crippen molar-refractivity contribution in [2.45, 2.75) is 64.6 Å². The van der Waals surface area contributed by atoms with Gasteiger partial charge in [-0.25, -0.2) is 4.79 Å². The summed E-state index contributed by atoms with van der Waals surface area (Å²) in [5.74, 6) is 0. The molecule has 1 aromatic carbocycles. The van der Waals surface area contributed by atoms with Gasteiger partial charge in [0.15, 0.2) is 0 Å². The molecule has 0 bridgehead atoms. The van der Waals surface area contributed by atoms with E-state index in [1.165, 1.54) is 3.57 Å². The zero-order valence-corrected chi connectivity index (χ0v) is 18.5. The summed E-state index contributed by atoms with van der Waals surface area (Å²) in [5, 5.41) is 3.54. The van der Waals surface area contributed by atoms with Gasteiger partial charge in [-0.1, -0.05) is 0 Å². The van der Waals surface area contributed by atoms with E-state index < -0.39 is 5.60 Å². The number of carbonyl (C=O) groups excluding carboxylic acids is 1. The number of nitrogens with zero attached hydrogens (tertiary/aromatic N) is 1. The first kappa shape index (κ1) is 19.8. The molecule has 0 radical (unpaired) electrons. The maximum absolute atomic E-state index is 12.4. The van der Waals surface area contributed by atoms with E-state index in [0.717, 1.165) is 36.0 Å². The summed E-state index contributed by atoms with van der Waals surface area (Å²) < 4.78 is 7.81. The van der Waals surface area contributed by atoms with Crippen LogP contribution in [0.15, 0.2) is 22.7 Å². The minimum Gasteiger partial charge on any atom is -0.444 e. The predicted octanol–water partition coefficient (Wildman–Crippen LogP) is 5.64. The Bertz CT molecular complexity index is 589. The van der Waals surface area contributed by atoms with Crippen LogP contribution >= 0.6 is 38.5 Å². The topological polar surface area (TPSA) is 41.6 Å². The number of likely N-dealkylation sites (tertiary alicyclic amines) is 1. The van der Waals surface area contributed by atoms with Crippen LogP contribution in [0, 0.1) is 3.57 Å². The van der Waals surface area contributed by atoms with Crippen molar-refractivity contribution in [1.29, 1.82) is 0 Å². The van der Waals surface area contributed by atoms with Gasteiger partial charge in [0.2, 0.25) is 0 Å². The zero-order chi connectivity index (χ0) is 17.9. The molecule has 2 atom stereocenters. The number of amides is 1. The lowest BCUT2D eigenvalue weighted by Gasteiger charge is -2.30. The Balaban J connectivity index is 1.94. The molecule has 6 heteroatoms. The Morgan fingerprint density at radius 2 is 2.21 bits per heavy atom. The van der Waals surface area contributed by atoms with Crippen LogP contribution in [0.3, 0.4) is 0 Å². The highest BCUT2D eigenvalue weighted by Gasteiger charge is 2.32. The summed E-state index contributed by atoms with van der Waals surface area (Å²) >= 11 is 5.91. The molecule has 1 N–H and O–H groups in total. The molecule has 0 saturated carbocycles. The smallest absolute Gasteiger partial charge is 0.410 e. The second-order valence-corrected chi connectivity index (χ2v) is 9.48. The van der Waals surface area contributed by atoms with Crippen LogP contribution in [0.2, 0.25) is 0 Å². The van der Waals surface area contributed by atoms with Gasteiger partial charge in [0, 0.05) is 32.4 Å². The molecule has 4 nitrogen and oxygen atoms in total. The van der Waals surface area contributed by atoms with Gasteiger partial charge in [0.1, 0.15) is 5.60 Å². The molecule has 24 heavy (non-hydrogen) atoms. The van der Waals surface area contributed by atoms with Crippen molar-refractivity contribution in [3.05, 3.63) is 26.2 Å². The molecule has 1 aliphatic heterocycles. The van der Waals surface area contributed by atoms with Gasteiger partial charge in [-0.15, -0.1) is 0 Å². The first-order valence-electron chi connectivity index (χ1n) is 8.37. The van der Waals surface area contributed by atoms with Crippen LogP contribution in [0.1, 0.15) is 47.0 Å². The standard InChI is InChI=1S/C18H26BrIN2O2/c1-12(21-16-8-7-13(20)11-15(16)19)10-14-6-5-9-22(14)17(23)24-18(2,3)4/h7-8,11-12,14,21H,5-6,9-10H2,1-4H3. The Morgan fingerprint density at radius 3 is 2.83 bits per heavy atom. The summed E-state index contributed by atoms with van der Waals surface area (Å²) in [4.78, 5) is 14.3. The summed E-state index contributed by atoms with van der Waals surface area (Å²) in [5.41, 5.74) is 0.643. The number of rotatable bonds is 4. The van der Waals surface area contributed by atoms with Gasteiger partial charge >= 0.3 is 6.09 Å². The molecule has 1 saturated heterocycles. The van der Waals surface area contributed by atoms with Crippen molar-refractivity contribution in [2.75, 3.05) is 11.9 Å². The van der Waals surface area contributed by atoms with Gasteiger partial charge in [-0.05, 0) is 104 Å². The zero-order valence-electron chi connectivity index (χ0n) is 14.7. The molecule has 2 unspecified atom stereocenters. The number of hydrogen-bond acceptors (Lipinski definition) is 3. The molecule has 1 heterocycles. The van der Waals surface area contributed by atoms with Gasteiger partial charge < -0.3 is 15.0 Å². The summed E-state index contributed by atoms with van der Waals surface area (Å²) in [6, 6.07) is 6.78. The molecule has 134 valence electrons. The molecule has 0 spiro atoms. The molecule has 0 aromatic heterocycles. The third-order valence-corrected chi connectivity index (χ3v) is 5.29. The first-order chi connectivity index (χ1) is 11.2. The Morgan fingerprint density at radius 1 is 1.50 bits per heavy atom. The minimum absolute atomic E-state index is 0.187. The number of ether oxygens (including phenoxy) is 1. The van der Waals surface area contributed by atoms with Crippen molar-refractivity contribution in [3.63, 3.8) is 0 Å². The Hall–Kier alpha value is -0.500. The third-order valence-electron chi connectivity index (χ3n) is 3.96. The molecular weight excluding hydrogens is 483 g/mol. The lowest BCUT2D eigenvalue weighted by Crippen LogP contribution is -2.41. The molecule has 1 aromatic rings. The van der Waals surface area contributed by atoms with Gasteiger partial charge in [0.25, 0.3) is 0 Å². The number of carbonyl (C=O) groups is 1. The number of nitrogens with one attached hydrogen (secondary N) is 1. The fourth-order valence-electron chi connectivity index (χ4n) is 2.98. The van der Waals surface area contributed by atoms with Crippen molar-refractivity contribution in [2.24, 2.45) is 0 Å². The van der Waals surface area contributed by atoms with Crippen molar-refractivity contribution >= 4 is 50.3 Å². The fourth-order valence-corrected chi connectivity index (χ4v) is 4.39. The Labute approximate surface area is 167 Å². The molecule has 1 fully saturated rings. The van der Waals surface area contributed by atoms with E-state index in [9.17, 15) is 4.79 Å². The van der Waals surface area contributed by atoms with Crippen molar-refractivity contribution in [1.82, 2.24) is 4.90 Å². The number of halogens is 2. The van der Waals surface area contributed by atoms with Crippen LogP contribution in [0.4, 0.5) is 10.5 Å². The maximum Gasteiger partial charge on any atom is 0.410 e. The fraction of sp³-hybridized carbons (Fsp3) is 0.611. The van der Waals surface area contributed by atoms with Crippen LogP contribution in [0.25, 0.3) is 0 Å². The molecular formula is C18H26BrIN2O2. The van der Waals surface area contributed by atoms with Gasteiger partial charge in [0.05, 0.1) is 0 Å². The molecule has 1 aliphatic rings. The summed E-state index contributed by atoms with van der Waals surface area (Å²) in [6.07, 6.45) is 2.81. The summed E-state index contributed by atoms with van der Waals surface area (Å²) in [6.45, 7) is 8.69. The number of hydrogen-bond donors (Lipinski definition) is 1. The predicted molar refractivity (Wildman–Crippen MR) is 111 cm³/mol. The Kier molecular flexibility index (Phi) is 6.82. The highest BCUT2D eigenvalue weighted by atomic mass is 127. The van der Waals surface area contributed by atoms with Crippen molar-refractivity contribution in [3.8, 4) is 0 Å². The van der Waals surface area contributed by atoms with E-state index in [-0.39, 0.29) is 18.2 Å². The SMILES string of the molecule is CC(CC1CCCN1C(=O)OC(C)(C)C)Nc1ccc(I)cc1Br. The highest BCUT2D eigenvalue weighted by molar-refractivity contribution is 14.1. The van der Waals surface area contributed by atoms with E-state index in [1.54, 1.807) is 0 Å². The second kappa shape index (κ2) is 8.25. The summed E-state index contributed by atoms with van der Waals surface area (Å²) in [7, 11) is 0. The van der Waals surface area contributed by atoms with E-state index in [1.807, 2.05) is 25.7 Å². The van der Waals surface area contributed by atoms with E-state index >= 15 is 0 Å². The normalized spacial score (nSPS) is 19.2. The highest BCUT2D eigenvalue weighted by Crippen LogP contribution is 2.28. The van der Waals surface area contributed by atoms with Gasteiger partial charge in [-0.2, -0.15) is 0 Å². The van der Waals surface area contributed by atoms with Crippen LogP contribution < -0.4 is 5.32 Å². The lowest BCUT2D eigenvalue weighted by molar-refractivity contribution is 0.0218. The number of benzene rings is 1. The molecule has 1 amide bonds. The maximum atomic E-state index is 12.4. The second-order valence-electron chi connectivity index (χ2n) is 7.38. The monoisotopic (exact) mass is 508 g/mol. The van der Waals surface area contributed by atoms with E-state index in [0.29, 0.717) is 0 Å². The van der Waals surface area contributed by atoms with Gasteiger partial charge in [-0.3, -0.25) is 0 Å². The largest absolute Gasteiger partial charge is 0.444 e. The van der Waals surface area contributed by atoms with E-state index in [4.69, 9.17) is 4.74 Å². The first-order valence-corrected chi connectivity index (χ1v) is 10.2. The van der Waals surface area contributed by atoms with Crippen LogP contribution in [0.5, 0.6) is 0 Å². The average molecular weight is 509 g/mol. The molecule has 0 aliphatic carbocycles. The quantitative estimate of drug-likeness (QED) is 0.535. The van der Waals surface area contributed by atoms with E-state index in [2.05, 4.69) is 69.0 Å². The van der Waals surface area contributed by atoms with Crippen molar-refractivity contribution < 1.29 is 9.53 Å². The third kappa shape index (κ3) is 5.79. The lowest BCUT2D eigenvalue weighted by atomic mass is 10.1. The molecule has 2 rings (SSSR count). The van der Waals surface area contributed by atoms with Crippen LogP contribution in [-0.4, -0.2) is 35.2 Å². The number of anilines is 1.